The molecular weight excluding hydrogens is 180 g/mol. The summed E-state index contributed by atoms with van der Waals surface area (Å²) in [5, 5.41) is 0. The molecule has 0 saturated heterocycles. The van der Waals surface area contributed by atoms with E-state index < -0.39 is 0 Å². The quantitative estimate of drug-likeness (QED) is 0.556. The topological polar surface area (TPSA) is 0 Å². The maximum atomic E-state index is 2.49. The largest absolute Gasteiger partial charge is 0.0807 e. The average molecular weight is 206 g/mol. The van der Waals surface area contributed by atoms with E-state index in [0.29, 0.717) is 5.41 Å². The maximum Gasteiger partial charge on any atom is -0.00804 e. The molecule has 0 saturated carbocycles. The lowest BCUT2D eigenvalue weighted by Gasteiger charge is -2.32. The second-order valence-corrected chi connectivity index (χ2v) is 5.06. The molecular formula is C15H26. The zero-order valence-corrected chi connectivity index (χ0v) is 10.7. The Morgan fingerprint density at radius 2 is 1.73 bits per heavy atom. The Balaban J connectivity index is 2.57. The van der Waals surface area contributed by atoms with Crippen LogP contribution in [-0.4, -0.2) is 0 Å². The van der Waals surface area contributed by atoms with Crippen molar-refractivity contribution in [1.29, 1.82) is 0 Å². The molecule has 0 N–H and O–H groups in total. The van der Waals surface area contributed by atoms with E-state index in [4.69, 9.17) is 0 Å². The molecule has 0 unspecified atom stereocenters. The summed E-state index contributed by atoms with van der Waals surface area (Å²) in [4.78, 5) is 0. The van der Waals surface area contributed by atoms with Gasteiger partial charge < -0.3 is 0 Å². The number of unbranched alkanes of at least 4 members (excludes halogenated alkanes) is 2. The molecule has 1 aliphatic rings. The summed E-state index contributed by atoms with van der Waals surface area (Å²) >= 11 is 0. The minimum Gasteiger partial charge on any atom is -0.0807 e. The highest BCUT2D eigenvalue weighted by atomic mass is 14.3. The summed E-state index contributed by atoms with van der Waals surface area (Å²) in [6.45, 7) is 6.79. The van der Waals surface area contributed by atoms with Gasteiger partial charge in [0.25, 0.3) is 0 Å². The molecule has 0 aliphatic heterocycles. The lowest BCUT2D eigenvalue weighted by atomic mass is 9.73. The number of hydrogen-bond donors (Lipinski definition) is 0. The molecule has 1 rings (SSSR count). The standard InChI is InChI=1S/C15H26/c1-4-6-10-15(11-7-5-2)12-8-14(3)9-13-15/h8-9,12H,4-7,10-11,13H2,1-3H3. The first-order chi connectivity index (χ1) is 7.22. The van der Waals surface area contributed by atoms with Crippen LogP contribution in [0.5, 0.6) is 0 Å². The molecule has 1 aliphatic carbocycles. The predicted molar refractivity (Wildman–Crippen MR) is 69.0 cm³/mol. The van der Waals surface area contributed by atoms with E-state index in [1.807, 2.05) is 0 Å². The van der Waals surface area contributed by atoms with E-state index in [9.17, 15) is 0 Å². The van der Waals surface area contributed by atoms with Gasteiger partial charge in [0.15, 0.2) is 0 Å². The third-order valence-corrected chi connectivity index (χ3v) is 3.59. The first kappa shape index (κ1) is 12.5. The van der Waals surface area contributed by atoms with E-state index >= 15 is 0 Å². The van der Waals surface area contributed by atoms with Gasteiger partial charge in [-0.2, -0.15) is 0 Å². The lowest BCUT2D eigenvalue weighted by Crippen LogP contribution is -2.19. The van der Waals surface area contributed by atoms with Crippen LogP contribution in [0.4, 0.5) is 0 Å². The van der Waals surface area contributed by atoms with E-state index in [2.05, 4.69) is 39.0 Å². The van der Waals surface area contributed by atoms with E-state index in [0.717, 1.165) is 0 Å². The monoisotopic (exact) mass is 206 g/mol. The Labute approximate surface area is 95.5 Å². The second kappa shape index (κ2) is 6.15. The summed E-state index contributed by atoms with van der Waals surface area (Å²) in [5.41, 5.74) is 1.95. The summed E-state index contributed by atoms with van der Waals surface area (Å²) in [6, 6.07) is 0. The molecule has 0 spiro atoms. The van der Waals surface area contributed by atoms with Crippen molar-refractivity contribution >= 4 is 0 Å². The SMILES string of the molecule is CCCCC1(CCCC)C=CC(C)=CC1. The molecule has 0 heteroatoms. The Morgan fingerprint density at radius 3 is 2.13 bits per heavy atom. The maximum absolute atomic E-state index is 2.49. The van der Waals surface area contributed by atoms with E-state index in [-0.39, 0.29) is 0 Å². The molecule has 0 heterocycles. The van der Waals surface area contributed by atoms with Crippen LogP contribution in [0.1, 0.15) is 65.7 Å². The van der Waals surface area contributed by atoms with Crippen molar-refractivity contribution in [2.24, 2.45) is 5.41 Å². The van der Waals surface area contributed by atoms with Crippen molar-refractivity contribution < 1.29 is 0 Å². The fourth-order valence-corrected chi connectivity index (χ4v) is 2.36. The molecule has 0 aromatic carbocycles. The molecule has 0 radical (unpaired) electrons. The summed E-state index contributed by atoms with van der Waals surface area (Å²) < 4.78 is 0. The molecule has 0 aromatic rings. The first-order valence-corrected chi connectivity index (χ1v) is 6.58. The van der Waals surface area contributed by atoms with Crippen LogP contribution < -0.4 is 0 Å². The van der Waals surface area contributed by atoms with Gasteiger partial charge in [0, 0.05) is 0 Å². The zero-order chi connectivity index (χ0) is 11.1. The summed E-state index contributed by atoms with van der Waals surface area (Å²) in [6.07, 6.45) is 16.7. The van der Waals surface area contributed by atoms with Gasteiger partial charge in [-0.05, 0) is 31.6 Å². The Hall–Kier alpha value is -0.520. The van der Waals surface area contributed by atoms with Crippen molar-refractivity contribution in [2.75, 3.05) is 0 Å². The molecule has 15 heavy (non-hydrogen) atoms. The third-order valence-electron chi connectivity index (χ3n) is 3.59. The number of allylic oxidation sites excluding steroid dienone is 4. The molecule has 0 atom stereocenters. The first-order valence-electron chi connectivity index (χ1n) is 6.58. The van der Waals surface area contributed by atoms with Crippen LogP contribution in [0, 0.1) is 5.41 Å². The molecule has 0 fully saturated rings. The fraction of sp³-hybridized carbons (Fsp3) is 0.733. The zero-order valence-electron chi connectivity index (χ0n) is 10.7. The molecule has 0 aromatic heterocycles. The van der Waals surface area contributed by atoms with Gasteiger partial charge in [-0.25, -0.2) is 0 Å². The van der Waals surface area contributed by atoms with Crippen molar-refractivity contribution in [3.8, 4) is 0 Å². The minimum atomic E-state index is 0.505. The second-order valence-electron chi connectivity index (χ2n) is 5.06. The van der Waals surface area contributed by atoms with E-state index in [1.54, 1.807) is 0 Å². The van der Waals surface area contributed by atoms with E-state index in [1.165, 1.54) is 50.5 Å². The van der Waals surface area contributed by atoms with Gasteiger partial charge in [0.2, 0.25) is 0 Å². The lowest BCUT2D eigenvalue weighted by molar-refractivity contribution is 0.303. The Kier molecular flexibility index (Phi) is 5.14. The van der Waals surface area contributed by atoms with Gasteiger partial charge in [0.1, 0.15) is 0 Å². The van der Waals surface area contributed by atoms with Gasteiger partial charge in [-0.1, -0.05) is 63.3 Å². The van der Waals surface area contributed by atoms with Crippen molar-refractivity contribution in [1.82, 2.24) is 0 Å². The summed E-state index contributed by atoms with van der Waals surface area (Å²) in [5.74, 6) is 0. The normalized spacial score (nSPS) is 19.0. The fourth-order valence-electron chi connectivity index (χ4n) is 2.36. The van der Waals surface area contributed by atoms with Crippen molar-refractivity contribution in [3.05, 3.63) is 23.8 Å². The highest BCUT2D eigenvalue weighted by Crippen LogP contribution is 2.39. The minimum absolute atomic E-state index is 0.505. The van der Waals surface area contributed by atoms with Crippen LogP contribution >= 0.6 is 0 Å². The highest BCUT2D eigenvalue weighted by Gasteiger charge is 2.26. The highest BCUT2D eigenvalue weighted by molar-refractivity contribution is 5.24. The van der Waals surface area contributed by atoms with Gasteiger partial charge >= 0.3 is 0 Å². The van der Waals surface area contributed by atoms with Crippen LogP contribution in [0.2, 0.25) is 0 Å². The van der Waals surface area contributed by atoms with Crippen LogP contribution in [0.15, 0.2) is 23.8 Å². The van der Waals surface area contributed by atoms with Crippen LogP contribution in [0.25, 0.3) is 0 Å². The Bertz CT molecular complexity index is 224. The van der Waals surface area contributed by atoms with Crippen LogP contribution in [-0.2, 0) is 0 Å². The van der Waals surface area contributed by atoms with Crippen LogP contribution in [0.3, 0.4) is 0 Å². The molecule has 0 bridgehead atoms. The predicted octanol–water partition coefficient (Wildman–Crippen LogP) is 5.26. The van der Waals surface area contributed by atoms with Crippen molar-refractivity contribution in [3.63, 3.8) is 0 Å². The number of hydrogen-bond acceptors (Lipinski definition) is 0. The molecule has 0 amide bonds. The smallest absolute Gasteiger partial charge is 0.00804 e. The third kappa shape index (κ3) is 3.85. The van der Waals surface area contributed by atoms with Gasteiger partial charge in [0.05, 0.1) is 0 Å². The Morgan fingerprint density at radius 1 is 1.13 bits per heavy atom. The number of rotatable bonds is 6. The van der Waals surface area contributed by atoms with Gasteiger partial charge in [-0.15, -0.1) is 0 Å². The summed E-state index contributed by atoms with van der Waals surface area (Å²) in [7, 11) is 0. The van der Waals surface area contributed by atoms with Gasteiger partial charge in [-0.3, -0.25) is 0 Å². The van der Waals surface area contributed by atoms with Crippen molar-refractivity contribution in [2.45, 2.75) is 65.7 Å². The molecule has 0 nitrogen and oxygen atoms in total. The average Bonchev–Trinajstić information content (AvgIpc) is 2.27. The molecule has 86 valence electrons.